The Morgan fingerprint density at radius 2 is 2.00 bits per heavy atom. The van der Waals surface area contributed by atoms with Crippen LogP contribution in [0.3, 0.4) is 0 Å². The Balaban J connectivity index is 2.55. The van der Waals surface area contributed by atoms with Crippen LogP contribution in [0.5, 0.6) is 5.75 Å². The number of benzene rings is 1. The van der Waals surface area contributed by atoms with Gasteiger partial charge in [0.25, 0.3) is 5.91 Å². The molecule has 0 aliphatic carbocycles. The molecule has 1 amide bonds. The molecule has 0 aliphatic heterocycles. The molecule has 20 heavy (non-hydrogen) atoms. The second kappa shape index (κ2) is 7.78. The maximum atomic E-state index is 11.9. The number of rotatable bonds is 7. The summed E-state index contributed by atoms with van der Waals surface area (Å²) in [5.41, 5.74) is 8.48. The standard InChI is InChI=1S/C16H26N2O2/c1-5-6-7-8-18-16(19)13(4)20-15-10-11(2)14(17)9-12(15)3/h9-10,13H,5-8,17H2,1-4H3,(H,18,19). The molecule has 0 saturated carbocycles. The van der Waals surface area contributed by atoms with Crippen molar-refractivity contribution in [1.29, 1.82) is 0 Å². The van der Waals surface area contributed by atoms with Crippen LogP contribution in [0.2, 0.25) is 0 Å². The second-order valence-corrected chi connectivity index (χ2v) is 5.23. The van der Waals surface area contributed by atoms with Crippen LogP contribution in [0.1, 0.15) is 44.2 Å². The van der Waals surface area contributed by atoms with Gasteiger partial charge in [-0.1, -0.05) is 19.8 Å². The molecule has 0 radical (unpaired) electrons. The molecule has 0 fully saturated rings. The van der Waals surface area contributed by atoms with Crippen molar-refractivity contribution in [3.8, 4) is 5.75 Å². The van der Waals surface area contributed by atoms with Crippen molar-refractivity contribution in [2.24, 2.45) is 0 Å². The van der Waals surface area contributed by atoms with Crippen LogP contribution < -0.4 is 15.8 Å². The van der Waals surface area contributed by atoms with Crippen LogP contribution >= 0.6 is 0 Å². The third kappa shape index (κ3) is 4.76. The fraction of sp³-hybridized carbons (Fsp3) is 0.562. The number of hydrogen-bond donors (Lipinski definition) is 2. The Kier molecular flexibility index (Phi) is 6.36. The van der Waals surface area contributed by atoms with Crippen LogP contribution in [0.4, 0.5) is 5.69 Å². The fourth-order valence-corrected chi connectivity index (χ4v) is 1.91. The molecular formula is C16H26N2O2. The fourth-order valence-electron chi connectivity index (χ4n) is 1.91. The minimum Gasteiger partial charge on any atom is -0.481 e. The minimum absolute atomic E-state index is 0.0741. The highest BCUT2D eigenvalue weighted by atomic mass is 16.5. The number of aryl methyl sites for hydroxylation is 2. The van der Waals surface area contributed by atoms with E-state index in [0.29, 0.717) is 12.3 Å². The topological polar surface area (TPSA) is 64.3 Å². The SMILES string of the molecule is CCCCCNC(=O)C(C)Oc1cc(C)c(N)cc1C. The summed E-state index contributed by atoms with van der Waals surface area (Å²) in [6, 6.07) is 3.75. The summed E-state index contributed by atoms with van der Waals surface area (Å²) in [5, 5.41) is 2.89. The van der Waals surface area contributed by atoms with Gasteiger partial charge in [-0.2, -0.15) is 0 Å². The molecular weight excluding hydrogens is 252 g/mol. The van der Waals surface area contributed by atoms with Crippen molar-refractivity contribution in [3.63, 3.8) is 0 Å². The highest BCUT2D eigenvalue weighted by molar-refractivity contribution is 5.80. The van der Waals surface area contributed by atoms with Crippen LogP contribution in [-0.2, 0) is 4.79 Å². The molecule has 1 rings (SSSR count). The Morgan fingerprint density at radius 3 is 2.65 bits per heavy atom. The average Bonchev–Trinajstić information content (AvgIpc) is 2.40. The molecule has 3 N–H and O–H groups in total. The first-order chi connectivity index (χ1) is 9.45. The van der Waals surface area contributed by atoms with Crippen molar-refractivity contribution in [2.45, 2.75) is 53.1 Å². The van der Waals surface area contributed by atoms with E-state index in [-0.39, 0.29) is 5.91 Å². The highest BCUT2D eigenvalue weighted by Crippen LogP contribution is 2.25. The lowest BCUT2D eigenvalue weighted by atomic mass is 10.1. The predicted molar refractivity (Wildman–Crippen MR) is 83.0 cm³/mol. The van der Waals surface area contributed by atoms with Gasteiger partial charge in [0.2, 0.25) is 0 Å². The van der Waals surface area contributed by atoms with E-state index < -0.39 is 6.10 Å². The highest BCUT2D eigenvalue weighted by Gasteiger charge is 2.15. The van der Waals surface area contributed by atoms with Crippen molar-refractivity contribution >= 4 is 11.6 Å². The van der Waals surface area contributed by atoms with Gasteiger partial charge >= 0.3 is 0 Å². The van der Waals surface area contributed by atoms with Crippen LogP contribution in [0.15, 0.2) is 12.1 Å². The lowest BCUT2D eigenvalue weighted by molar-refractivity contribution is -0.127. The zero-order chi connectivity index (χ0) is 15.1. The van der Waals surface area contributed by atoms with Gasteiger partial charge < -0.3 is 15.8 Å². The van der Waals surface area contributed by atoms with Crippen LogP contribution in [0.25, 0.3) is 0 Å². The summed E-state index contributed by atoms with van der Waals surface area (Å²) in [6.07, 6.45) is 2.78. The first-order valence-electron chi connectivity index (χ1n) is 7.26. The number of carbonyl (C=O) groups is 1. The number of amides is 1. The third-order valence-electron chi connectivity index (χ3n) is 3.32. The van der Waals surface area contributed by atoms with Crippen molar-refractivity contribution < 1.29 is 9.53 Å². The molecule has 0 bridgehead atoms. The number of unbranched alkanes of at least 4 members (excludes halogenated alkanes) is 2. The first kappa shape index (κ1) is 16.3. The van der Waals surface area contributed by atoms with Gasteiger partial charge in [-0.15, -0.1) is 0 Å². The largest absolute Gasteiger partial charge is 0.481 e. The number of nitrogens with one attached hydrogen (secondary N) is 1. The first-order valence-corrected chi connectivity index (χ1v) is 7.26. The summed E-state index contributed by atoms with van der Waals surface area (Å²) in [4.78, 5) is 11.9. The van der Waals surface area contributed by atoms with Crippen LogP contribution in [0, 0.1) is 13.8 Å². The molecule has 4 nitrogen and oxygen atoms in total. The molecule has 0 spiro atoms. The van der Waals surface area contributed by atoms with Gasteiger partial charge in [-0.25, -0.2) is 0 Å². The Hall–Kier alpha value is -1.71. The van der Waals surface area contributed by atoms with E-state index in [1.165, 1.54) is 0 Å². The smallest absolute Gasteiger partial charge is 0.260 e. The Morgan fingerprint density at radius 1 is 1.30 bits per heavy atom. The van der Waals surface area contributed by atoms with E-state index in [4.69, 9.17) is 10.5 Å². The van der Waals surface area contributed by atoms with Crippen molar-refractivity contribution in [1.82, 2.24) is 5.32 Å². The molecule has 1 aromatic carbocycles. The number of carbonyl (C=O) groups excluding carboxylic acids is 1. The molecule has 112 valence electrons. The molecule has 0 heterocycles. The quantitative estimate of drug-likeness (QED) is 0.595. The summed E-state index contributed by atoms with van der Waals surface area (Å²) >= 11 is 0. The molecule has 1 unspecified atom stereocenters. The number of nitrogens with two attached hydrogens (primary N) is 1. The zero-order valence-corrected chi connectivity index (χ0v) is 13.0. The van der Waals surface area contributed by atoms with Gasteiger partial charge in [0.15, 0.2) is 6.10 Å². The van der Waals surface area contributed by atoms with Crippen molar-refractivity contribution in [3.05, 3.63) is 23.3 Å². The van der Waals surface area contributed by atoms with Gasteiger partial charge in [0.1, 0.15) is 5.75 Å². The van der Waals surface area contributed by atoms with E-state index in [0.717, 1.165) is 36.1 Å². The van der Waals surface area contributed by atoms with Crippen LogP contribution in [-0.4, -0.2) is 18.6 Å². The number of nitrogen functional groups attached to an aromatic ring is 1. The third-order valence-corrected chi connectivity index (χ3v) is 3.32. The molecule has 0 aliphatic rings. The van der Waals surface area contributed by atoms with E-state index in [1.54, 1.807) is 6.92 Å². The van der Waals surface area contributed by atoms with Gasteiger partial charge in [0.05, 0.1) is 0 Å². The van der Waals surface area contributed by atoms with E-state index >= 15 is 0 Å². The lowest BCUT2D eigenvalue weighted by Crippen LogP contribution is -2.36. The second-order valence-electron chi connectivity index (χ2n) is 5.23. The van der Waals surface area contributed by atoms with Gasteiger partial charge in [-0.3, -0.25) is 4.79 Å². The molecule has 4 heteroatoms. The monoisotopic (exact) mass is 278 g/mol. The minimum atomic E-state index is -0.502. The van der Waals surface area contributed by atoms with E-state index in [2.05, 4.69) is 12.2 Å². The predicted octanol–water partition coefficient (Wildman–Crippen LogP) is 2.96. The average molecular weight is 278 g/mol. The summed E-state index contributed by atoms with van der Waals surface area (Å²) in [6.45, 7) is 8.47. The summed E-state index contributed by atoms with van der Waals surface area (Å²) < 4.78 is 5.73. The normalized spacial score (nSPS) is 12.0. The maximum Gasteiger partial charge on any atom is 0.260 e. The Labute approximate surface area is 121 Å². The summed E-state index contributed by atoms with van der Waals surface area (Å²) in [7, 11) is 0. The summed E-state index contributed by atoms with van der Waals surface area (Å²) in [5.74, 6) is 0.642. The number of hydrogen-bond acceptors (Lipinski definition) is 3. The van der Waals surface area contributed by atoms with Gasteiger partial charge in [0, 0.05) is 12.2 Å². The lowest BCUT2D eigenvalue weighted by Gasteiger charge is -2.17. The molecule has 0 saturated heterocycles. The zero-order valence-electron chi connectivity index (χ0n) is 13.0. The maximum absolute atomic E-state index is 11.9. The number of anilines is 1. The van der Waals surface area contributed by atoms with Crippen molar-refractivity contribution in [2.75, 3.05) is 12.3 Å². The van der Waals surface area contributed by atoms with E-state index in [9.17, 15) is 4.79 Å². The van der Waals surface area contributed by atoms with Gasteiger partial charge in [-0.05, 0) is 50.5 Å². The van der Waals surface area contributed by atoms with E-state index in [1.807, 2.05) is 26.0 Å². The molecule has 0 aromatic heterocycles. The molecule has 1 atom stereocenters. The Bertz CT molecular complexity index is 458. The number of ether oxygens (including phenoxy) is 1. The molecule has 1 aromatic rings.